The zero-order chi connectivity index (χ0) is 11.0. The third-order valence-electron chi connectivity index (χ3n) is 1.05. The first kappa shape index (κ1) is 12.8. The quantitative estimate of drug-likeness (QED) is 0.631. The van der Waals surface area contributed by atoms with Crippen molar-refractivity contribution in [2.45, 2.75) is 19.2 Å². The van der Waals surface area contributed by atoms with Gasteiger partial charge in [0.25, 0.3) is 0 Å². The minimum atomic E-state index is -0.976. The molecule has 1 aliphatic heterocycles. The second-order valence-corrected chi connectivity index (χ2v) is 3.64. The number of carboxylic acid groups (broad SMARTS) is 1. The Kier molecular flexibility index (Phi) is 6.58. The summed E-state index contributed by atoms with van der Waals surface area (Å²) in [5.74, 6) is 0. The normalized spacial score (nSPS) is 13.6. The fourth-order valence-electron chi connectivity index (χ4n) is 0.590. The van der Waals surface area contributed by atoms with Crippen LogP contribution in [0.4, 0.5) is 4.79 Å². The van der Waals surface area contributed by atoms with E-state index >= 15 is 0 Å². The standard InChI is InChI=1S/C7H7NO2.C3H7Cl/c9-7(10)8-5-3-1-2-4-6-8;1-3(2)4/h1-6H,(H,9,10);3H,1-2H3. The van der Waals surface area contributed by atoms with Gasteiger partial charge in [0.1, 0.15) is 0 Å². The van der Waals surface area contributed by atoms with E-state index < -0.39 is 6.09 Å². The fraction of sp³-hybridized carbons (Fsp3) is 0.300. The number of hydrogen-bond acceptors (Lipinski definition) is 1. The van der Waals surface area contributed by atoms with Crippen LogP contribution >= 0.6 is 11.6 Å². The number of amides is 1. The predicted molar refractivity (Wildman–Crippen MR) is 58.3 cm³/mol. The van der Waals surface area contributed by atoms with Crippen molar-refractivity contribution < 1.29 is 9.90 Å². The molecule has 0 bridgehead atoms. The Morgan fingerprint density at radius 3 is 1.86 bits per heavy atom. The lowest BCUT2D eigenvalue weighted by molar-refractivity contribution is 0.175. The molecule has 1 rings (SSSR count). The predicted octanol–water partition coefficient (Wildman–Crippen LogP) is 3.20. The molecule has 0 aromatic rings. The van der Waals surface area contributed by atoms with E-state index in [1.54, 1.807) is 24.3 Å². The maximum absolute atomic E-state index is 10.3. The molecule has 0 saturated heterocycles. The Morgan fingerprint density at radius 2 is 1.57 bits per heavy atom. The van der Waals surface area contributed by atoms with Crippen LogP contribution in [0.25, 0.3) is 0 Å². The SMILES string of the molecule is CC(C)Cl.O=C(O)N1C=CC=CC=C1. The maximum atomic E-state index is 10.3. The minimum absolute atomic E-state index is 0.306. The van der Waals surface area contributed by atoms with Crippen LogP contribution in [0.1, 0.15) is 13.8 Å². The first-order valence-electron chi connectivity index (χ1n) is 4.21. The van der Waals surface area contributed by atoms with Gasteiger partial charge >= 0.3 is 6.09 Å². The third kappa shape index (κ3) is 7.43. The lowest BCUT2D eigenvalue weighted by Crippen LogP contribution is -2.16. The fourth-order valence-corrected chi connectivity index (χ4v) is 0.590. The molecule has 0 radical (unpaired) electrons. The average molecular weight is 216 g/mol. The summed E-state index contributed by atoms with van der Waals surface area (Å²) in [6.45, 7) is 3.86. The molecular formula is C10H14ClNO2. The number of allylic oxidation sites excluding steroid dienone is 4. The van der Waals surface area contributed by atoms with Crippen molar-refractivity contribution in [1.29, 1.82) is 0 Å². The summed E-state index contributed by atoms with van der Waals surface area (Å²) in [6.07, 6.45) is 8.82. The molecular weight excluding hydrogens is 202 g/mol. The van der Waals surface area contributed by atoms with E-state index in [9.17, 15) is 4.79 Å². The summed E-state index contributed by atoms with van der Waals surface area (Å²) >= 11 is 5.27. The topological polar surface area (TPSA) is 40.5 Å². The second-order valence-electron chi connectivity index (χ2n) is 2.77. The molecule has 14 heavy (non-hydrogen) atoms. The van der Waals surface area contributed by atoms with Gasteiger partial charge in [0.05, 0.1) is 0 Å². The molecule has 1 aliphatic rings. The molecule has 1 heterocycles. The van der Waals surface area contributed by atoms with Gasteiger partial charge in [-0.3, -0.25) is 4.90 Å². The summed E-state index contributed by atoms with van der Waals surface area (Å²) < 4.78 is 0. The Hall–Kier alpha value is -1.22. The van der Waals surface area contributed by atoms with Gasteiger partial charge < -0.3 is 5.11 Å². The highest BCUT2D eigenvalue weighted by molar-refractivity contribution is 6.20. The van der Waals surface area contributed by atoms with Gasteiger partial charge in [0.2, 0.25) is 0 Å². The van der Waals surface area contributed by atoms with Gasteiger partial charge in [-0.25, -0.2) is 4.79 Å². The number of alkyl halides is 1. The van der Waals surface area contributed by atoms with Gasteiger partial charge in [0.15, 0.2) is 0 Å². The van der Waals surface area contributed by atoms with Crippen molar-refractivity contribution in [2.75, 3.05) is 0 Å². The summed E-state index contributed by atoms with van der Waals surface area (Å²) in [4.78, 5) is 11.4. The second kappa shape index (κ2) is 7.21. The zero-order valence-corrected chi connectivity index (χ0v) is 8.98. The highest BCUT2D eigenvalue weighted by Gasteiger charge is 2.01. The van der Waals surface area contributed by atoms with Gasteiger partial charge in [0, 0.05) is 17.8 Å². The van der Waals surface area contributed by atoms with Crippen molar-refractivity contribution in [3.63, 3.8) is 0 Å². The van der Waals surface area contributed by atoms with Crippen molar-refractivity contribution in [1.82, 2.24) is 4.90 Å². The van der Waals surface area contributed by atoms with E-state index in [2.05, 4.69) is 0 Å². The highest BCUT2D eigenvalue weighted by Crippen LogP contribution is 1.97. The molecule has 0 aliphatic carbocycles. The third-order valence-corrected chi connectivity index (χ3v) is 1.05. The van der Waals surface area contributed by atoms with Crippen LogP contribution in [0.5, 0.6) is 0 Å². The minimum Gasteiger partial charge on any atom is -0.464 e. The van der Waals surface area contributed by atoms with Crippen LogP contribution in [-0.2, 0) is 0 Å². The van der Waals surface area contributed by atoms with Crippen molar-refractivity contribution in [3.05, 3.63) is 36.7 Å². The Bertz CT molecular complexity index is 238. The van der Waals surface area contributed by atoms with Gasteiger partial charge in [-0.1, -0.05) is 12.2 Å². The molecule has 0 fully saturated rings. The average Bonchev–Trinajstić information content (AvgIpc) is 2.29. The molecule has 0 spiro atoms. The van der Waals surface area contributed by atoms with Crippen LogP contribution in [0, 0.1) is 0 Å². The van der Waals surface area contributed by atoms with Gasteiger partial charge in [-0.15, -0.1) is 11.6 Å². The number of nitrogens with zero attached hydrogens (tertiary/aromatic N) is 1. The molecule has 0 aromatic heterocycles. The molecule has 1 N–H and O–H groups in total. The maximum Gasteiger partial charge on any atom is 0.415 e. The largest absolute Gasteiger partial charge is 0.464 e. The van der Waals surface area contributed by atoms with Crippen LogP contribution < -0.4 is 0 Å². The number of hydrogen-bond donors (Lipinski definition) is 1. The Labute approximate surface area is 89.0 Å². The van der Waals surface area contributed by atoms with Crippen molar-refractivity contribution in [2.24, 2.45) is 0 Å². The number of carbonyl (C=O) groups is 1. The highest BCUT2D eigenvalue weighted by atomic mass is 35.5. The van der Waals surface area contributed by atoms with E-state index in [-0.39, 0.29) is 0 Å². The monoisotopic (exact) mass is 215 g/mol. The molecule has 0 atom stereocenters. The zero-order valence-electron chi connectivity index (χ0n) is 8.22. The van der Waals surface area contributed by atoms with Crippen LogP contribution in [0.2, 0.25) is 0 Å². The number of rotatable bonds is 0. The smallest absolute Gasteiger partial charge is 0.415 e. The lowest BCUT2D eigenvalue weighted by atomic mass is 10.5. The molecule has 0 saturated carbocycles. The van der Waals surface area contributed by atoms with E-state index in [1.165, 1.54) is 12.4 Å². The Balaban J connectivity index is 0.000000364. The van der Waals surface area contributed by atoms with Crippen molar-refractivity contribution in [3.8, 4) is 0 Å². The van der Waals surface area contributed by atoms with Crippen LogP contribution in [0.3, 0.4) is 0 Å². The van der Waals surface area contributed by atoms with E-state index in [0.717, 1.165) is 4.90 Å². The molecule has 78 valence electrons. The Morgan fingerprint density at radius 1 is 1.21 bits per heavy atom. The van der Waals surface area contributed by atoms with Crippen molar-refractivity contribution >= 4 is 17.7 Å². The van der Waals surface area contributed by atoms with Crippen LogP contribution in [0.15, 0.2) is 36.7 Å². The summed E-state index contributed by atoms with van der Waals surface area (Å²) in [6, 6.07) is 0. The summed E-state index contributed by atoms with van der Waals surface area (Å²) in [7, 11) is 0. The van der Waals surface area contributed by atoms with E-state index in [1.807, 2.05) is 13.8 Å². The summed E-state index contributed by atoms with van der Waals surface area (Å²) in [5.41, 5.74) is 0. The molecule has 4 heteroatoms. The molecule has 1 amide bonds. The molecule has 0 aromatic carbocycles. The first-order valence-corrected chi connectivity index (χ1v) is 4.64. The summed E-state index contributed by atoms with van der Waals surface area (Å²) in [5, 5.41) is 8.76. The van der Waals surface area contributed by atoms with Gasteiger partial charge in [-0.2, -0.15) is 0 Å². The van der Waals surface area contributed by atoms with Gasteiger partial charge in [-0.05, 0) is 26.0 Å². The lowest BCUT2D eigenvalue weighted by Gasteiger charge is -2.04. The number of halogens is 1. The van der Waals surface area contributed by atoms with E-state index in [4.69, 9.17) is 16.7 Å². The van der Waals surface area contributed by atoms with Crippen LogP contribution in [-0.4, -0.2) is 21.5 Å². The first-order chi connectivity index (χ1) is 6.54. The van der Waals surface area contributed by atoms with E-state index in [0.29, 0.717) is 5.38 Å². The molecule has 3 nitrogen and oxygen atoms in total. The molecule has 0 unspecified atom stereocenters.